The van der Waals surface area contributed by atoms with Gasteiger partial charge in [-0.25, -0.2) is 13.6 Å². The van der Waals surface area contributed by atoms with E-state index in [1.165, 1.54) is 6.08 Å². The van der Waals surface area contributed by atoms with Crippen LogP contribution in [0.3, 0.4) is 0 Å². The third-order valence-corrected chi connectivity index (χ3v) is 3.43. The molecule has 0 fully saturated rings. The fraction of sp³-hybridized carbons (Fsp3) is 0.111. The van der Waals surface area contributed by atoms with Crippen molar-refractivity contribution < 1.29 is 23.1 Å². The Labute approximate surface area is 148 Å². The van der Waals surface area contributed by atoms with Crippen LogP contribution in [-0.2, 0) is 9.53 Å². The summed E-state index contributed by atoms with van der Waals surface area (Å²) in [6.45, 7) is 2.00. The molecule has 0 aliphatic carbocycles. The summed E-state index contributed by atoms with van der Waals surface area (Å²) in [4.78, 5) is 23.3. The first-order valence-electron chi connectivity index (χ1n) is 7.31. The molecule has 0 aliphatic rings. The number of nitrogens with one attached hydrogen (secondary N) is 1. The van der Waals surface area contributed by atoms with Gasteiger partial charge in [-0.1, -0.05) is 23.7 Å². The number of amides is 1. The summed E-state index contributed by atoms with van der Waals surface area (Å²) in [5.74, 6) is -3.40. The highest BCUT2D eigenvalue weighted by molar-refractivity contribution is 6.34. The number of carbonyl (C=O) groups is 2. The topological polar surface area (TPSA) is 55.4 Å². The van der Waals surface area contributed by atoms with Crippen LogP contribution in [-0.4, -0.2) is 18.5 Å². The first-order valence-corrected chi connectivity index (χ1v) is 7.69. The van der Waals surface area contributed by atoms with Crippen LogP contribution in [0.4, 0.5) is 14.5 Å². The molecule has 0 atom stereocenters. The molecular weight excluding hydrogens is 352 g/mol. The molecule has 0 aromatic heterocycles. The Hall–Kier alpha value is -2.73. The molecule has 4 nitrogen and oxygen atoms in total. The van der Waals surface area contributed by atoms with Gasteiger partial charge in [0.05, 0.1) is 17.2 Å². The van der Waals surface area contributed by atoms with E-state index < -0.39 is 23.5 Å². The Kier molecular flexibility index (Phi) is 6.25. The van der Waals surface area contributed by atoms with Crippen molar-refractivity contribution in [1.82, 2.24) is 0 Å². The summed E-state index contributed by atoms with van der Waals surface area (Å²) in [6, 6.07) is 8.00. The van der Waals surface area contributed by atoms with Gasteiger partial charge in [-0.15, -0.1) is 0 Å². The van der Waals surface area contributed by atoms with E-state index in [0.29, 0.717) is 12.3 Å². The number of anilines is 1. The lowest BCUT2D eigenvalue weighted by Gasteiger charge is -2.08. The summed E-state index contributed by atoms with van der Waals surface area (Å²) in [7, 11) is 0. The van der Waals surface area contributed by atoms with E-state index in [2.05, 4.69) is 5.32 Å². The van der Waals surface area contributed by atoms with Gasteiger partial charge in [0.2, 0.25) is 0 Å². The first kappa shape index (κ1) is 18.6. The number of carbonyl (C=O) groups excluding carboxylic acids is 2. The van der Waals surface area contributed by atoms with Crippen LogP contribution in [0.5, 0.6) is 0 Å². The fourth-order valence-electron chi connectivity index (χ4n) is 1.93. The maximum Gasteiger partial charge on any atom is 0.330 e. The van der Waals surface area contributed by atoms with E-state index in [1.807, 2.05) is 0 Å². The zero-order valence-corrected chi connectivity index (χ0v) is 13.9. The predicted molar refractivity (Wildman–Crippen MR) is 91.4 cm³/mol. The molecule has 1 N–H and O–H groups in total. The molecule has 2 aromatic carbocycles. The van der Waals surface area contributed by atoms with E-state index in [4.69, 9.17) is 16.3 Å². The monoisotopic (exact) mass is 365 g/mol. The second-order valence-electron chi connectivity index (χ2n) is 4.91. The third-order valence-electron chi connectivity index (χ3n) is 3.12. The standard InChI is InChI=1S/C18H14ClF2NO3/c1-2-25-17(23)8-5-11-3-6-12(7-4-11)22-18(24)13-9-15(20)16(21)10-14(13)19/h3-10H,2H2,1H3,(H,22,24)/b8-5+. The normalized spacial score (nSPS) is 10.7. The number of ether oxygens (including phenoxy) is 1. The molecule has 1 amide bonds. The van der Waals surface area contributed by atoms with Crippen molar-refractivity contribution in [3.8, 4) is 0 Å². The van der Waals surface area contributed by atoms with Gasteiger partial charge in [0.1, 0.15) is 0 Å². The summed E-state index contributed by atoms with van der Waals surface area (Å²) >= 11 is 5.76. The van der Waals surface area contributed by atoms with Crippen LogP contribution in [0.25, 0.3) is 6.08 Å². The van der Waals surface area contributed by atoms with Gasteiger partial charge in [-0.2, -0.15) is 0 Å². The van der Waals surface area contributed by atoms with Crippen LogP contribution in [0.1, 0.15) is 22.8 Å². The van der Waals surface area contributed by atoms with Gasteiger partial charge >= 0.3 is 5.97 Å². The molecule has 0 bridgehead atoms. The Morgan fingerprint density at radius 1 is 1.16 bits per heavy atom. The molecule has 0 saturated heterocycles. The minimum atomic E-state index is -1.16. The van der Waals surface area contributed by atoms with Gasteiger partial charge in [-0.3, -0.25) is 4.79 Å². The number of esters is 1. The second kappa shape index (κ2) is 8.39. The quantitative estimate of drug-likeness (QED) is 0.484. The van der Waals surface area contributed by atoms with Crippen LogP contribution in [0, 0.1) is 11.6 Å². The predicted octanol–water partition coefficient (Wildman–Crippen LogP) is 4.45. The molecule has 130 valence electrons. The number of hydrogen-bond acceptors (Lipinski definition) is 3. The molecular formula is C18H14ClF2NO3. The Morgan fingerprint density at radius 2 is 1.80 bits per heavy atom. The van der Waals surface area contributed by atoms with Crippen LogP contribution in [0.2, 0.25) is 5.02 Å². The van der Waals surface area contributed by atoms with E-state index in [-0.39, 0.29) is 10.6 Å². The summed E-state index contributed by atoms with van der Waals surface area (Å²) in [5.41, 5.74) is 0.975. The number of hydrogen-bond donors (Lipinski definition) is 1. The zero-order valence-electron chi connectivity index (χ0n) is 13.2. The van der Waals surface area contributed by atoms with Crippen molar-refractivity contribution in [3.05, 3.63) is 70.3 Å². The van der Waals surface area contributed by atoms with Crippen molar-refractivity contribution >= 4 is 35.2 Å². The zero-order chi connectivity index (χ0) is 18.4. The summed E-state index contributed by atoms with van der Waals surface area (Å²) in [5, 5.41) is 2.34. The molecule has 0 heterocycles. The van der Waals surface area contributed by atoms with Crippen LogP contribution < -0.4 is 5.32 Å². The lowest BCUT2D eigenvalue weighted by atomic mass is 10.1. The Bertz CT molecular complexity index is 820. The van der Waals surface area contributed by atoms with Crippen molar-refractivity contribution in [2.24, 2.45) is 0 Å². The maximum absolute atomic E-state index is 13.3. The molecule has 0 saturated carbocycles. The molecule has 2 aromatic rings. The highest BCUT2D eigenvalue weighted by Gasteiger charge is 2.15. The minimum absolute atomic E-state index is 0.174. The van der Waals surface area contributed by atoms with Gasteiger partial charge in [0, 0.05) is 11.8 Å². The Morgan fingerprint density at radius 3 is 2.44 bits per heavy atom. The second-order valence-corrected chi connectivity index (χ2v) is 5.31. The molecule has 0 radical (unpaired) electrons. The molecule has 0 spiro atoms. The molecule has 0 aliphatic heterocycles. The average molecular weight is 366 g/mol. The highest BCUT2D eigenvalue weighted by atomic mass is 35.5. The van der Waals surface area contributed by atoms with Gasteiger partial charge in [-0.05, 0) is 42.8 Å². The third kappa shape index (κ3) is 5.12. The van der Waals surface area contributed by atoms with Crippen LogP contribution in [0.15, 0.2) is 42.5 Å². The lowest BCUT2D eigenvalue weighted by molar-refractivity contribution is -0.137. The fourth-order valence-corrected chi connectivity index (χ4v) is 2.16. The minimum Gasteiger partial charge on any atom is -0.463 e. The molecule has 2 rings (SSSR count). The van der Waals surface area contributed by atoms with Gasteiger partial charge in [0.25, 0.3) is 5.91 Å². The van der Waals surface area contributed by atoms with Crippen molar-refractivity contribution in [3.63, 3.8) is 0 Å². The average Bonchev–Trinajstić information content (AvgIpc) is 2.57. The lowest BCUT2D eigenvalue weighted by Crippen LogP contribution is -2.13. The Balaban J connectivity index is 2.07. The molecule has 7 heteroatoms. The van der Waals surface area contributed by atoms with E-state index in [1.54, 1.807) is 37.3 Å². The highest BCUT2D eigenvalue weighted by Crippen LogP contribution is 2.21. The van der Waals surface area contributed by atoms with Crippen molar-refractivity contribution in [2.45, 2.75) is 6.92 Å². The van der Waals surface area contributed by atoms with Crippen LogP contribution >= 0.6 is 11.6 Å². The van der Waals surface area contributed by atoms with Gasteiger partial charge in [0.15, 0.2) is 11.6 Å². The smallest absolute Gasteiger partial charge is 0.330 e. The van der Waals surface area contributed by atoms with E-state index >= 15 is 0 Å². The largest absolute Gasteiger partial charge is 0.463 e. The first-order chi connectivity index (χ1) is 11.9. The van der Waals surface area contributed by atoms with E-state index in [9.17, 15) is 18.4 Å². The number of halogens is 3. The summed E-state index contributed by atoms with van der Waals surface area (Å²) in [6.07, 6.45) is 2.86. The van der Waals surface area contributed by atoms with Crippen molar-refractivity contribution in [2.75, 3.05) is 11.9 Å². The van der Waals surface area contributed by atoms with E-state index in [0.717, 1.165) is 17.7 Å². The number of rotatable bonds is 5. The van der Waals surface area contributed by atoms with Gasteiger partial charge < -0.3 is 10.1 Å². The maximum atomic E-state index is 13.3. The summed E-state index contributed by atoms with van der Waals surface area (Å²) < 4.78 is 31.1. The SMILES string of the molecule is CCOC(=O)/C=C/c1ccc(NC(=O)c2cc(F)c(F)cc2Cl)cc1. The van der Waals surface area contributed by atoms with Crippen molar-refractivity contribution in [1.29, 1.82) is 0 Å². The number of benzene rings is 2. The molecule has 25 heavy (non-hydrogen) atoms. The molecule has 0 unspecified atom stereocenters.